The second kappa shape index (κ2) is 4.88. The summed E-state index contributed by atoms with van der Waals surface area (Å²) in [5.41, 5.74) is 0.0923. The highest BCUT2D eigenvalue weighted by Crippen LogP contribution is 2.35. The van der Waals surface area contributed by atoms with Crippen LogP contribution in [0.5, 0.6) is 5.75 Å². The van der Waals surface area contributed by atoms with E-state index in [0.717, 1.165) is 5.00 Å². The van der Waals surface area contributed by atoms with Gasteiger partial charge in [-0.1, -0.05) is 23.5 Å². The van der Waals surface area contributed by atoms with E-state index in [0.29, 0.717) is 10.6 Å². The third-order valence-electron chi connectivity index (χ3n) is 3.42. The van der Waals surface area contributed by atoms with Crippen LogP contribution in [0.1, 0.15) is 20.8 Å². The fraction of sp³-hybridized carbons (Fsp3) is 0.333. The highest BCUT2D eigenvalue weighted by atomic mass is 32.1. The van der Waals surface area contributed by atoms with Gasteiger partial charge in [0, 0.05) is 7.05 Å². The van der Waals surface area contributed by atoms with Gasteiger partial charge in [-0.3, -0.25) is 0 Å². The molecule has 0 aliphatic heterocycles. The number of hydrogen-bond acceptors (Lipinski definition) is 5. The molecule has 6 nitrogen and oxygen atoms in total. The topological polar surface area (TPSA) is 62.8 Å². The monoisotopic (exact) mass is 318 g/mol. The van der Waals surface area contributed by atoms with Gasteiger partial charge in [0.15, 0.2) is 0 Å². The maximum atomic E-state index is 12.0. The first-order valence-electron chi connectivity index (χ1n) is 6.92. The van der Waals surface area contributed by atoms with E-state index in [1.54, 1.807) is 21.3 Å². The summed E-state index contributed by atoms with van der Waals surface area (Å²) in [7, 11) is 1.87. The average molecular weight is 318 g/mol. The summed E-state index contributed by atoms with van der Waals surface area (Å²) in [4.78, 5) is 18.7. The third-order valence-corrected chi connectivity index (χ3v) is 4.47. The number of hydrogen-bond donors (Lipinski definition) is 1. The predicted molar refractivity (Wildman–Crippen MR) is 88.5 cm³/mol. The molecule has 7 heteroatoms. The number of nitrogens with zero attached hydrogens (tertiary/aromatic N) is 4. The lowest BCUT2D eigenvalue weighted by Crippen LogP contribution is -2.34. The summed E-state index contributed by atoms with van der Waals surface area (Å²) in [6.45, 7) is 5.89. The van der Waals surface area contributed by atoms with Gasteiger partial charge in [0.1, 0.15) is 10.8 Å². The van der Waals surface area contributed by atoms with Crippen LogP contribution in [0.15, 0.2) is 35.3 Å². The molecule has 3 aromatic rings. The first-order chi connectivity index (χ1) is 10.3. The molecule has 0 saturated carbocycles. The standard InChI is InChI=1S/C15H18N4O2S/c1-15(2,3)19-13(21)16-14-18(19)9-12(22-14)17(4)10-7-5-6-8-11(10)20/h5-9,20H,1-4H3. The molecule has 0 spiro atoms. The molecule has 0 radical (unpaired) electrons. The maximum Gasteiger partial charge on any atom is 0.365 e. The molecule has 3 rings (SSSR count). The summed E-state index contributed by atoms with van der Waals surface area (Å²) in [6, 6.07) is 7.14. The van der Waals surface area contributed by atoms with Gasteiger partial charge in [0.25, 0.3) is 0 Å². The molecule has 0 aliphatic rings. The minimum absolute atomic E-state index is 0.212. The molecule has 116 valence electrons. The van der Waals surface area contributed by atoms with E-state index in [9.17, 15) is 9.90 Å². The normalized spacial score (nSPS) is 12.0. The Morgan fingerprint density at radius 2 is 1.95 bits per heavy atom. The van der Waals surface area contributed by atoms with E-state index in [2.05, 4.69) is 4.98 Å². The number of fused-ring (bicyclic) bond motifs is 1. The predicted octanol–water partition coefficient (Wildman–Crippen LogP) is 2.79. The highest BCUT2D eigenvalue weighted by molar-refractivity contribution is 7.20. The Bertz CT molecular complexity index is 885. The van der Waals surface area contributed by atoms with E-state index >= 15 is 0 Å². The molecule has 0 bridgehead atoms. The Morgan fingerprint density at radius 3 is 2.59 bits per heavy atom. The van der Waals surface area contributed by atoms with Crippen molar-refractivity contribution in [3.8, 4) is 5.75 Å². The van der Waals surface area contributed by atoms with Crippen LogP contribution < -0.4 is 10.6 Å². The number of benzene rings is 1. The van der Waals surface area contributed by atoms with Crippen molar-refractivity contribution in [1.29, 1.82) is 0 Å². The fourth-order valence-electron chi connectivity index (χ4n) is 2.40. The number of anilines is 2. The van der Waals surface area contributed by atoms with Crippen LogP contribution in [0.3, 0.4) is 0 Å². The van der Waals surface area contributed by atoms with Gasteiger partial charge in [-0.2, -0.15) is 4.98 Å². The number of rotatable bonds is 2. The van der Waals surface area contributed by atoms with E-state index < -0.39 is 0 Å². The van der Waals surface area contributed by atoms with E-state index in [1.165, 1.54) is 11.3 Å². The van der Waals surface area contributed by atoms with Gasteiger partial charge in [-0.25, -0.2) is 14.0 Å². The maximum absolute atomic E-state index is 12.0. The quantitative estimate of drug-likeness (QED) is 0.789. The Labute approximate surface area is 131 Å². The summed E-state index contributed by atoms with van der Waals surface area (Å²) in [6.07, 6.45) is 1.87. The first kappa shape index (κ1) is 14.6. The second-order valence-electron chi connectivity index (χ2n) is 6.12. The van der Waals surface area contributed by atoms with Crippen molar-refractivity contribution in [2.45, 2.75) is 26.3 Å². The molecule has 2 heterocycles. The largest absolute Gasteiger partial charge is 0.506 e. The fourth-order valence-corrected chi connectivity index (χ4v) is 3.32. The summed E-state index contributed by atoms with van der Waals surface area (Å²) >= 11 is 1.41. The van der Waals surface area contributed by atoms with E-state index in [1.807, 2.05) is 51.0 Å². The smallest absolute Gasteiger partial charge is 0.365 e. The van der Waals surface area contributed by atoms with Crippen molar-refractivity contribution in [3.63, 3.8) is 0 Å². The zero-order valence-electron chi connectivity index (χ0n) is 12.9. The first-order valence-corrected chi connectivity index (χ1v) is 7.74. The molecule has 0 atom stereocenters. The van der Waals surface area contributed by atoms with Crippen LogP contribution in [0.25, 0.3) is 4.96 Å². The Morgan fingerprint density at radius 1 is 1.27 bits per heavy atom. The van der Waals surface area contributed by atoms with Crippen molar-refractivity contribution in [2.24, 2.45) is 0 Å². The van der Waals surface area contributed by atoms with Crippen LogP contribution >= 0.6 is 11.3 Å². The average Bonchev–Trinajstić information content (AvgIpc) is 2.93. The molecule has 1 aromatic carbocycles. The second-order valence-corrected chi connectivity index (χ2v) is 7.11. The van der Waals surface area contributed by atoms with Gasteiger partial charge < -0.3 is 10.0 Å². The lowest BCUT2D eigenvalue weighted by atomic mass is 10.1. The highest BCUT2D eigenvalue weighted by Gasteiger charge is 2.22. The zero-order chi connectivity index (χ0) is 16.1. The summed E-state index contributed by atoms with van der Waals surface area (Å²) < 4.78 is 3.40. The van der Waals surface area contributed by atoms with Gasteiger partial charge in [0.2, 0.25) is 4.96 Å². The SMILES string of the molecule is CN(c1cn2c(nc(=O)n2C(C)(C)C)s1)c1ccccc1O. The van der Waals surface area contributed by atoms with Crippen LogP contribution in [-0.4, -0.2) is 26.3 Å². The molecule has 0 aliphatic carbocycles. The minimum atomic E-state index is -0.359. The Balaban J connectivity index is 2.12. The number of phenolic OH excluding ortho intramolecular Hbond substituents is 1. The minimum Gasteiger partial charge on any atom is -0.506 e. The van der Waals surface area contributed by atoms with Gasteiger partial charge >= 0.3 is 5.69 Å². The number of para-hydroxylation sites is 2. The molecule has 0 unspecified atom stereocenters. The zero-order valence-corrected chi connectivity index (χ0v) is 13.8. The Kier molecular flexibility index (Phi) is 3.25. The van der Waals surface area contributed by atoms with Crippen LogP contribution in [0.2, 0.25) is 0 Å². The lowest BCUT2D eigenvalue weighted by molar-refractivity contribution is 0.329. The molecule has 0 fully saturated rings. The molecule has 22 heavy (non-hydrogen) atoms. The molecule has 0 saturated heterocycles. The molecule has 2 aromatic heterocycles. The molecule has 0 amide bonds. The number of aromatic hydroxyl groups is 1. The Hall–Kier alpha value is -2.28. The number of thiazole rings is 1. The lowest BCUT2D eigenvalue weighted by Gasteiger charge is -2.20. The van der Waals surface area contributed by atoms with Crippen LogP contribution in [0, 0.1) is 0 Å². The third kappa shape index (κ3) is 2.27. The number of aromatic nitrogens is 3. The van der Waals surface area contributed by atoms with Crippen LogP contribution in [0.4, 0.5) is 10.7 Å². The van der Waals surface area contributed by atoms with Crippen molar-refractivity contribution in [2.75, 3.05) is 11.9 Å². The van der Waals surface area contributed by atoms with Crippen LogP contribution in [-0.2, 0) is 5.54 Å². The molecular weight excluding hydrogens is 300 g/mol. The van der Waals surface area contributed by atoms with E-state index in [4.69, 9.17) is 0 Å². The molecule has 1 N–H and O–H groups in total. The van der Waals surface area contributed by atoms with Crippen molar-refractivity contribution in [3.05, 3.63) is 40.9 Å². The molecular formula is C15H18N4O2S. The van der Waals surface area contributed by atoms with Gasteiger partial charge in [-0.15, -0.1) is 0 Å². The number of phenols is 1. The van der Waals surface area contributed by atoms with Crippen molar-refractivity contribution in [1.82, 2.24) is 14.2 Å². The van der Waals surface area contributed by atoms with E-state index in [-0.39, 0.29) is 17.0 Å². The summed E-state index contributed by atoms with van der Waals surface area (Å²) in [5.74, 6) is 0.212. The van der Waals surface area contributed by atoms with Gasteiger partial charge in [-0.05, 0) is 32.9 Å². The summed E-state index contributed by atoms with van der Waals surface area (Å²) in [5, 5.41) is 10.9. The van der Waals surface area contributed by atoms with Gasteiger partial charge in [0.05, 0.1) is 17.4 Å². The van der Waals surface area contributed by atoms with Crippen molar-refractivity contribution < 1.29 is 5.11 Å². The van der Waals surface area contributed by atoms with Crippen molar-refractivity contribution >= 4 is 27.0 Å².